The van der Waals surface area contributed by atoms with Gasteiger partial charge in [0.2, 0.25) is 0 Å². The number of ether oxygens (including phenoxy) is 4. The van der Waals surface area contributed by atoms with Crippen LogP contribution in [0.25, 0.3) is 0 Å². The fourth-order valence-electron chi connectivity index (χ4n) is 4.29. The van der Waals surface area contributed by atoms with Crippen molar-refractivity contribution >= 4 is 0 Å². The average Bonchev–Trinajstić information content (AvgIpc) is 2.77. The molecule has 2 heterocycles. The van der Waals surface area contributed by atoms with Crippen molar-refractivity contribution in [2.75, 3.05) is 13.1 Å². The maximum Gasteiger partial charge on any atom is 0.186 e. The number of hydrogen-bond acceptors (Lipinski definition) is 14. The smallest absolute Gasteiger partial charge is 0.186 e. The molecule has 3 rings (SSSR count). The number of nitrogens with two attached hydrogens (primary N) is 4. The first kappa shape index (κ1) is 26.1. The summed E-state index contributed by atoms with van der Waals surface area (Å²) in [7, 11) is 0. The van der Waals surface area contributed by atoms with E-state index in [0.717, 1.165) is 0 Å². The molecule has 2 aliphatic heterocycles. The zero-order valence-electron chi connectivity index (χ0n) is 17.5. The molecule has 0 aromatic heterocycles. The molecule has 0 aromatic carbocycles. The summed E-state index contributed by atoms with van der Waals surface area (Å²) in [5, 5.41) is 60.2. The first-order valence-corrected chi connectivity index (χ1v) is 10.7. The lowest BCUT2D eigenvalue weighted by Gasteiger charge is -2.46. The van der Waals surface area contributed by atoms with Crippen molar-refractivity contribution in [3.05, 3.63) is 0 Å². The lowest BCUT2D eigenvalue weighted by atomic mass is 9.86. The Morgan fingerprint density at radius 3 is 1.25 bits per heavy atom. The van der Waals surface area contributed by atoms with Gasteiger partial charge in [0.25, 0.3) is 0 Å². The summed E-state index contributed by atoms with van der Waals surface area (Å²) in [4.78, 5) is 0. The zero-order valence-corrected chi connectivity index (χ0v) is 17.5. The van der Waals surface area contributed by atoms with Gasteiger partial charge in [-0.3, -0.25) is 0 Å². The first-order valence-electron chi connectivity index (χ1n) is 10.7. The highest BCUT2D eigenvalue weighted by Gasteiger charge is 2.48. The molecular weight excluding hydrogens is 432 g/mol. The third kappa shape index (κ3) is 5.24. The van der Waals surface area contributed by atoms with Crippen LogP contribution >= 0.6 is 0 Å². The Hall–Kier alpha value is -0.560. The second-order valence-corrected chi connectivity index (χ2v) is 8.65. The predicted octanol–water partition coefficient (Wildman–Crippen LogP) is -6.26. The molecule has 14 heteroatoms. The fourth-order valence-corrected chi connectivity index (χ4v) is 4.29. The highest BCUT2D eigenvalue weighted by atomic mass is 16.7. The molecule has 0 spiro atoms. The van der Waals surface area contributed by atoms with E-state index in [-0.39, 0.29) is 25.9 Å². The Bertz CT molecular complexity index is 554. The molecule has 14 atom stereocenters. The van der Waals surface area contributed by atoms with Gasteiger partial charge in [-0.15, -0.1) is 0 Å². The van der Waals surface area contributed by atoms with Crippen molar-refractivity contribution < 1.29 is 49.6 Å². The van der Waals surface area contributed by atoms with E-state index in [0.29, 0.717) is 0 Å². The van der Waals surface area contributed by atoms with E-state index < -0.39 is 85.7 Å². The molecule has 32 heavy (non-hydrogen) atoms. The van der Waals surface area contributed by atoms with Gasteiger partial charge in [-0.1, -0.05) is 0 Å². The van der Waals surface area contributed by atoms with E-state index in [9.17, 15) is 30.6 Å². The summed E-state index contributed by atoms with van der Waals surface area (Å²) in [6.07, 6.45) is -14.1. The van der Waals surface area contributed by atoms with Crippen molar-refractivity contribution in [2.24, 2.45) is 22.9 Å². The van der Waals surface area contributed by atoms with E-state index in [1.165, 1.54) is 0 Å². The molecule has 1 aliphatic carbocycles. The summed E-state index contributed by atoms with van der Waals surface area (Å²) >= 11 is 0. The Kier molecular flexibility index (Phi) is 8.79. The van der Waals surface area contributed by atoms with Gasteiger partial charge in [0.15, 0.2) is 12.6 Å². The fraction of sp³-hybridized carbons (Fsp3) is 1.00. The number of rotatable bonds is 6. The predicted molar refractivity (Wildman–Crippen MR) is 106 cm³/mol. The molecule has 3 aliphatic rings. The van der Waals surface area contributed by atoms with Gasteiger partial charge in [-0.05, 0) is 12.8 Å². The summed E-state index contributed by atoms with van der Waals surface area (Å²) in [6.45, 7) is -0.184. The summed E-state index contributed by atoms with van der Waals surface area (Å²) in [5.74, 6) is 0. The lowest BCUT2D eigenvalue weighted by Crippen LogP contribution is -2.64. The molecule has 2 saturated heterocycles. The number of hydrogen-bond donors (Lipinski definition) is 10. The van der Waals surface area contributed by atoms with Crippen LogP contribution < -0.4 is 22.9 Å². The first-order chi connectivity index (χ1) is 15.1. The molecule has 14 N–H and O–H groups in total. The normalized spacial score (nSPS) is 52.7. The van der Waals surface area contributed by atoms with E-state index in [4.69, 9.17) is 41.9 Å². The minimum atomic E-state index is -1.52. The summed E-state index contributed by atoms with van der Waals surface area (Å²) < 4.78 is 22.5. The van der Waals surface area contributed by atoms with Gasteiger partial charge in [0.1, 0.15) is 48.8 Å². The van der Waals surface area contributed by atoms with Crippen molar-refractivity contribution in [3.63, 3.8) is 0 Å². The van der Waals surface area contributed by atoms with Gasteiger partial charge in [0.05, 0.1) is 12.2 Å². The zero-order chi connectivity index (χ0) is 23.7. The standard InChI is InChI=1S/C18H36N4O10/c19-3-9-11(23)13(25)15(27)17(31-9)29-7-1-5(21)8(2-6(7)22)30-18-16(28)14(26)12(24)10(4-20)32-18/h5-18,23-28H,1-4,19-22H2/t5-,6-,7-,8-,9-,10+,11-,12+,13+,14-,15-,16+,17-,18-/m0/s1. The number of aliphatic hydroxyl groups excluding tert-OH is 6. The largest absolute Gasteiger partial charge is 0.388 e. The molecule has 1 saturated carbocycles. The quantitative estimate of drug-likeness (QED) is 0.174. The van der Waals surface area contributed by atoms with Crippen LogP contribution in [0, 0.1) is 0 Å². The van der Waals surface area contributed by atoms with Crippen LogP contribution in [0.2, 0.25) is 0 Å². The van der Waals surface area contributed by atoms with Gasteiger partial charge in [-0.25, -0.2) is 0 Å². The van der Waals surface area contributed by atoms with Crippen molar-refractivity contribution in [2.45, 2.75) is 98.5 Å². The average molecular weight is 469 g/mol. The highest BCUT2D eigenvalue weighted by Crippen LogP contribution is 2.30. The molecule has 3 fully saturated rings. The van der Waals surface area contributed by atoms with Gasteiger partial charge >= 0.3 is 0 Å². The van der Waals surface area contributed by atoms with Crippen LogP contribution in [0.4, 0.5) is 0 Å². The Labute approximate surface area is 185 Å². The van der Waals surface area contributed by atoms with E-state index in [1.54, 1.807) is 0 Å². The van der Waals surface area contributed by atoms with E-state index >= 15 is 0 Å². The number of aliphatic hydroxyl groups is 6. The van der Waals surface area contributed by atoms with Gasteiger partial charge < -0.3 is 72.5 Å². The van der Waals surface area contributed by atoms with Crippen LogP contribution in [0.1, 0.15) is 12.8 Å². The van der Waals surface area contributed by atoms with Crippen molar-refractivity contribution in [1.29, 1.82) is 0 Å². The van der Waals surface area contributed by atoms with Crippen LogP contribution in [0.3, 0.4) is 0 Å². The molecule has 188 valence electrons. The second kappa shape index (κ2) is 10.8. The van der Waals surface area contributed by atoms with Crippen molar-refractivity contribution in [1.82, 2.24) is 0 Å². The Morgan fingerprint density at radius 1 is 0.594 bits per heavy atom. The molecule has 0 unspecified atom stereocenters. The summed E-state index contributed by atoms with van der Waals surface area (Å²) in [5.41, 5.74) is 23.5. The third-order valence-corrected chi connectivity index (χ3v) is 6.38. The molecule has 0 radical (unpaired) electrons. The van der Waals surface area contributed by atoms with E-state index in [2.05, 4.69) is 0 Å². The molecule has 0 bridgehead atoms. The van der Waals surface area contributed by atoms with Gasteiger partial charge in [0, 0.05) is 25.2 Å². The Morgan fingerprint density at radius 2 is 0.938 bits per heavy atom. The SMILES string of the molecule is NC[C@@H]1O[C@H](O[C@H]2C[C@H](N)[C@@H](O[C@H]3O[C@H](CN)[C@@H](O)[C@H](O)[C@H]3O)C[C@@H]2N)[C@@H](O)[C@H](O)[C@H]1O. The Balaban J connectivity index is 1.59. The van der Waals surface area contributed by atoms with Crippen molar-refractivity contribution in [3.8, 4) is 0 Å². The molecular formula is C18H36N4O10. The maximum atomic E-state index is 10.2. The minimum Gasteiger partial charge on any atom is -0.388 e. The third-order valence-electron chi connectivity index (χ3n) is 6.38. The second-order valence-electron chi connectivity index (χ2n) is 8.65. The monoisotopic (exact) mass is 468 g/mol. The van der Waals surface area contributed by atoms with E-state index in [1.807, 2.05) is 0 Å². The highest BCUT2D eigenvalue weighted by molar-refractivity contribution is 4.96. The summed E-state index contributed by atoms with van der Waals surface area (Å²) in [6, 6.07) is -1.25. The van der Waals surface area contributed by atoms with Crippen LogP contribution in [0.15, 0.2) is 0 Å². The minimum absolute atomic E-state index is 0.0922. The topological polar surface area (TPSA) is 262 Å². The maximum absolute atomic E-state index is 10.2. The van der Waals surface area contributed by atoms with Crippen LogP contribution in [-0.4, -0.2) is 129 Å². The van der Waals surface area contributed by atoms with Crippen LogP contribution in [-0.2, 0) is 18.9 Å². The molecule has 14 nitrogen and oxygen atoms in total. The molecule has 0 aromatic rings. The lowest BCUT2D eigenvalue weighted by molar-refractivity contribution is -0.319. The van der Waals surface area contributed by atoms with Gasteiger partial charge in [-0.2, -0.15) is 0 Å². The molecule has 0 amide bonds. The van der Waals surface area contributed by atoms with Crippen LogP contribution in [0.5, 0.6) is 0 Å².